The van der Waals surface area contributed by atoms with E-state index in [1.165, 1.54) is 4.88 Å². The Kier molecular flexibility index (Phi) is 8.44. The molecule has 3 N–H and O–H groups in total. The van der Waals surface area contributed by atoms with E-state index in [0.29, 0.717) is 6.54 Å². The normalized spacial score (nSPS) is 12.9. The molecular formula is C20H29N3O2S. The number of thiophene rings is 1. The zero-order valence-electron chi connectivity index (χ0n) is 15.7. The lowest BCUT2D eigenvalue weighted by molar-refractivity contribution is 0.185. The van der Waals surface area contributed by atoms with Gasteiger partial charge in [0.15, 0.2) is 5.96 Å². The number of hydrogen-bond donors (Lipinski definition) is 3. The van der Waals surface area contributed by atoms with Gasteiger partial charge in [0, 0.05) is 18.0 Å². The van der Waals surface area contributed by atoms with E-state index in [0.717, 1.165) is 36.8 Å². The van der Waals surface area contributed by atoms with Crippen LogP contribution in [0, 0.1) is 0 Å². The monoisotopic (exact) mass is 375 g/mol. The Balaban J connectivity index is 1.90. The molecule has 0 aliphatic heterocycles. The number of aliphatic hydroxyl groups is 1. The fourth-order valence-corrected chi connectivity index (χ4v) is 3.16. The Bertz CT molecular complexity index is 671. The number of aliphatic hydroxyl groups excluding tert-OH is 1. The van der Waals surface area contributed by atoms with Gasteiger partial charge >= 0.3 is 0 Å². The molecule has 2 rings (SSSR count). The van der Waals surface area contributed by atoms with Crippen LogP contribution < -0.4 is 15.4 Å². The second-order valence-corrected chi connectivity index (χ2v) is 7.26. The van der Waals surface area contributed by atoms with Crippen molar-refractivity contribution in [1.29, 1.82) is 0 Å². The van der Waals surface area contributed by atoms with E-state index in [1.54, 1.807) is 11.3 Å². The molecule has 0 radical (unpaired) electrons. The predicted octanol–water partition coefficient (Wildman–Crippen LogP) is 3.37. The minimum Gasteiger partial charge on any atom is -0.491 e. The number of nitrogens with one attached hydrogen (secondary N) is 2. The fourth-order valence-electron chi connectivity index (χ4n) is 2.45. The van der Waals surface area contributed by atoms with Crippen LogP contribution in [0.15, 0.2) is 46.8 Å². The largest absolute Gasteiger partial charge is 0.491 e. The lowest BCUT2D eigenvalue weighted by Gasteiger charge is -2.15. The number of hydrogen-bond acceptors (Lipinski definition) is 4. The van der Waals surface area contributed by atoms with Crippen molar-refractivity contribution in [2.75, 3.05) is 19.6 Å². The summed E-state index contributed by atoms with van der Waals surface area (Å²) in [6, 6.07) is 11.8. The summed E-state index contributed by atoms with van der Waals surface area (Å²) in [7, 11) is 0. The molecule has 1 aromatic carbocycles. The maximum Gasteiger partial charge on any atom is 0.191 e. The Morgan fingerprint density at radius 2 is 2.08 bits per heavy atom. The van der Waals surface area contributed by atoms with Crippen LogP contribution >= 0.6 is 11.3 Å². The Hall–Kier alpha value is -2.05. The molecule has 1 atom stereocenters. The van der Waals surface area contributed by atoms with Gasteiger partial charge in [0.25, 0.3) is 0 Å². The summed E-state index contributed by atoms with van der Waals surface area (Å²) >= 11 is 1.76. The highest BCUT2D eigenvalue weighted by atomic mass is 32.1. The van der Waals surface area contributed by atoms with Crippen molar-refractivity contribution in [3.8, 4) is 5.75 Å². The molecule has 1 aromatic heterocycles. The third kappa shape index (κ3) is 7.06. The molecule has 0 saturated heterocycles. The maximum absolute atomic E-state index is 10.5. The van der Waals surface area contributed by atoms with Crippen LogP contribution in [0.5, 0.6) is 5.75 Å². The Labute approximate surface area is 160 Å². The number of rotatable bonds is 9. The highest BCUT2D eigenvalue weighted by molar-refractivity contribution is 7.09. The third-order valence-electron chi connectivity index (χ3n) is 3.63. The van der Waals surface area contributed by atoms with Crippen LogP contribution in [0.1, 0.15) is 37.3 Å². The van der Waals surface area contributed by atoms with Gasteiger partial charge in [-0.25, -0.2) is 0 Å². The van der Waals surface area contributed by atoms with Crippen molar-refractivity contribution in [2.45, 2.75) is 39.4 Å². The molecule has 6 heteroatoms. The smallest absolute Gasteiger partial charge is 0.191 e. The van der Waals surface area contributed by atoms with Crippen molar-refractivity contribution >= 4 is 17.3 Å². The summed E-state index contributed by atoms with van der Waals surface area (Å²) in [5.41, 5.74) is 0.807. The molecule has 5 nitrogen and oxygen atoms in total. The average Bonchev–Trinajstić information content (AvgIpc) is 3.12. The van der Waals surface area contributed by atoms with E-state index in [-0.39, 0.29) is 6.10 Å². The van der Waals surface area contributed by atoms with E-state index in [2.05, 4.69) is 33.1 Å². The van der Waals surface area contributed by atoms with Gasteiger partial charge in [0.2, 0.25) is 0 Å². The topological polar surface area (TPSA) is 65.9 Å². The number of aliphatic imine (C=N–C) groups is 1. The van der Waals surface area contributed by atoms with Crippen molar-refractivity contribution < 1.29 is 9.84 Å². The molecule has 0 aliphatic rings. The van der Waals surface area contributed by atoms with E-state index < -0.39 is 6.10 Å². The van der Waals surface area contributed by atoms with Crippen molar-refractivity contribution in [3.05, 3.63) is 52.2 Å². The molecule has 0 aliphatic carbocycles. The first-order chi connectivity index (χ1) is 12.6. The zero-order valence-corrected chi connectivity index (χ0v) is 16.6. The van der Waals surface area contributed by atoms with Gasteiger partial charge in [-0.05, 0) is 56.3 Å². The van der Waals surface area contributed by atoms with Gasteiger partial charge < -0.3 is 20.5 Å². The molecular weight excluding hydrogens is 346 g/mol. The summed E-state index contributed by atoms with van der Waals surface area (Å²) in [5, 5.41) is 19.1. The first-order valence-corrected chi connectivity index (χ1v) is 9.95. The van der Waals surface area contributed by atoms with Gasteiger partial charge in [-0.2, -0.15) is 0 Å². The van der Waals surface area contributed by atoms with Crippen LogP contribution in [0.2, 0.25) is 0 Å². The van der Waals surface area contributed by atoms with Crippen LogP contribution in [0.3, 0.4) is 0 Å². The molecule has 26 heavy (non-hydrogen) atoms. The first kappa shape index (κ1) is 20.3. The van der Waals surface area contributed by atoms with Gasteiger partial charge in [-0.3, -0.25) is 4.99 Å². The van der Waals surface area contributed by atoms with Gasteiger partial charge in [0.05, 0.1) is 18.8 Å². The van der Waals surface area contributed by atoms with E-state index in [4.69, 9.17) is 4.74 Å². The molecule has 142 valence electrons. The van der Waals surface area contributed by atoms with Gasteiger partial charge in [-0.15, -0.1) is 11.3 Å². The van der Waals surface area contributed by atoms with Gasteiger partial charge in [0.1, 0.15) is 5.75 Å². The molecule has 0 bridgehead atoms. The minimum absolute atomic E-state index is 0.105. The molecule has 2 aromatic rings. The number of nitrogens with zero attached hydrogens (tertiary/aromatic N) is 1. The van der Waals surface area contributed by atoms with E-state index in [1.807, 2.05) is 45.0 Å². The number of benzene rings is 1. The van der Waals surface area contributed by atoms with Crippen LogP contribution in [-0.2, 0) is 6.42 Å². The molecule has 1 heterocycles. The van der Waals surface area contributed by atoms with Crippen molar-refractivity contribution in [1.82, 2.24) is 10.6 Å². The Morgan fingerprint density at radius 3 is 2.77 bits per heavy atom. The zero-order chi connectivity index (χ0) is 18.8. The second-order valence-electron chi connectivity index (χ2n) is 6.23. The fraction of sp³-hybridized carbons (Fsp3) is 0.450. The number of guanidine groups is 1. The minimum atomic E-state index is -0.668. The standard InChI is InChI=1S/C20H29N3O2S/c1-4-21-20(22-11-10-18-9-6-12-26-18)23-14-19(24)16-7-5-8-17(13-16)25-15(2)3/h5-9,12-13,15,19,24H,4,10-11,14H2,1-3H3,(H2,21,22,23). The van der Waals surface area contributed by atoms with Crippen molar-refractivity contribution in [3.63, 3.8) is 0 Å². The average molecular weight is 376 g/mol. The summed E-state index contributed by atoms with van der Waals surface area (Å²) in [5.74, 6) is 1.49. The molecule has 0 saturated carbocycles. The van der Waals surface area contributed by atoms with Crippen LogP contribution in [0.4, 0.5) is 0 Å². The molecule has 0 fully saturated rings. The SMILES string of the molecule is CCNC(=NCC(O)c1cccc(OC(C)C)c1)NCCc1cccs1. The van der Waals surface area contributed by atoms with Gasteiger partial charge in [-0.1, -0.05) is 18.2 Å². The van der Waals surface area contributed by atoms with E-state index in [9.17, 15) is 5.11 Å². The lowest BCUT2D eigenvalue weighted by Crippen LogP contribution is -2.38. The quantitative estimate of drug-likeness (QED) is 0.464. The summed E-state index contributed by atoms with van der Waals surface area (Å²) in [6.45, 7) is 7.87. The predicted molar refractivity (Wildman–Crippen MR) is 109 cm³/mol. The highest BCUT2D eigenvalue weighted by Crippen LogP contribution is 2.20. The highest BCUT2D eigenvalue weighted by Gasteiger charge is 2.09. The summed E-state index contributed by atoms with van der Waals surface area (Å²) < 4.78 is 5.69. The van der Waals surface area contributed by atoms with Crippen molar-refractivity contribution in [2.24, 2.45) is 4.99 Å². The second kappa shape index (κ2) is 10.8. The summed E-state index contributed by atoms with van der Waals surface area (Å²) in [4.78, 5) is 5.85. The van der Waals surface area contributed by atoms with Crippen LogP contribution in [0.25, 0.3) is 0 Å². The van der Waals surface area contributed by atoms with E-state index >= 15 is 0 Å². The third-order valence-corrected chi connectivity index (χ3v) is 4.56. The molecule has 0 amide bonds. The molecule has 0 spiro atoms. The van der Waals surface area contributed by atoms with Crippen LogP contribution in [-0.4, -0.2) is 36.8 Å². The maximum atomic E-state index is 10.5. The first-order valence-electron chi connectivity index (χ1n) is 9.07. The summed E-state index contributed by atoms with van der Waals surface area (Å²) in [6.07, 6.45) is 0.394. The number of ether oxygens (including phenoxy) is 1. The lowest BCUT2D eigenvalue weighted by atomic mass is 10.1. The molecule has 1 unspecified atom stereocenters. The Morgan fingerprint density at radius 1 is 1.23 bits per heavy atom.